The fraction of sp³-hybridized carbons (Fsp3) is 0.391. The zero-order valence-electron chi connectivity index (χ0n) is 17.2. The molecule has 2 atom stereocenters. The lowest BCUT2D eigenvalue weighted by Crippen LogP contribution is -2.52. The fourth-order valence-electron chi connectivity index (χ4n) is 3.69. The van der Waals surface area contributed by atoms with Gasteiger partial charge in [-0.05, 0) is 30.0 Å². The van der Waals surface area contributed by atoms with Crippen molar-refractivity contribution in [2.45, 2.75) is 38.9 Å². The van der Waals surface area contributed by atoms with E-state index >= 15 is 0 Å². The summed E-state index contributed by atoms with van der Waals surface area (Å²) in [5.74, 6) is -3.44. The van der Waals surface area contributed by atoms with E-state index in [4.69, 9.17) is 0 Å². The topological polar surface area (TPSA) is 61.4 Å². The first-order chi connectivity index (χ1) is 14.3. The van der Waals surface area contributed by atoms with Gasteiger partial charge in [-0.2, -0.15) is 0 Å². The van der Waals surface area contributed by atoms with Crippen molar-refractivity contribution >= 4 is 11.8 Å². The van der Waals surface area contributed by atoms with E-state index in [1.165, 1.54) is 11.6 Å². The Kier molecular flexibility index (Phi) is 7.15. The largest absolute Gasteiger partial charge is 0.350 e. The van der Waals surface area contributed by atoms with Crippen molar-refractivity contribution in [3.63, 3.8) is 0 Å². The van der Waals surface area contributed by atoms with Gasteiger partial charge in [0, 0.05) is 25.7 Å². The van der Waals surface area contributed by atoms with Crippen molar-refractivity contribution in [1.82, 2.24) is 15.5 Å². The van der Waals surface area contributed by atoms with Crippen LogP contribution in [-0.4, -0.2) is 41.9 Å². The zero-order chi connectivity index (χ0) is 21.7. The molecule has 1 aliphatic rings. The molecule has 2 aromatic carbocycles. The van der Waals surface area contributed by atoms with Gasteiger partial charge in [0.25, 0.3) is 5.91 Å². The molecule has 2 amide bonds. The molecule has 1 fully saturated rings. The highest BCUT2D eigenvalue weighted by Gasteiger charge is 2.30. The molecule has 3 rings (SSSR count). The van der Waals surface area contributed by atoms with Gasteiger partial charge in [0.2, 0.25) is 5.91 Å². The summed E-state index contributed by atoms with van der Waals surface area (Å²) in [4.78, 5) is 27.5. The highest BCUT2D eigenvalue weighted by atomic mass is 19.1. The number of halogens is 2. The van der Waals surface area contributed by atoms with Crippen LogP contribution in [0.5, 0.6) is 0 Å². The van der Waals surface area contributed by atoms with Crippen LogP contribution in [0.25, 0.3) is 0 Å². The molecule has 0 aliphatic carbocycles. The van der Waals surface area contributed by atoms with E-state index in [0.717, 1.165) is 31.6 Å². The van der Waals surface area contributed by atoms with Gasteiger partial charge in [-0.15, -0.1) is 0 Å². The molecule has 1 aliphatic heterocycles. The molecule has 160 valence electrons. The Balaban J connectivity index is 1.59. The van der Waals surface area contributed by atoms with Crippen molar-refractivity contribution in [2.24, 2.45) is 5.92 Å². The van der Waals surface area contributed by atoms with Gasteiger partial charge in [0.05, 0.1) is 0 Å². The number of carbonyl (C=O) groups is 2. The fourth-order valence-corrected chi connectivity index (χ4v) is 3.69. The van der Waals surface area contributed by atoms with E-state index in [0.29, 0.717) is 6.54 Å². The summed E-state index contributed by atoms with van der Waals surface area (Å²) in [6, 6.07) is 12.4. The smallest absolute Gasteiger partial charge is 0.257 e. The highest BCUT2D eigenvalue weighted by molar-refractivity contribution is 5.98. The molecular weight excluding hydrogens is 388 g/mol. The minimum absolute atomic E-state index is 0.0374. The van der Waals surface area contributed by atoms with Crippen molar-refractivity contribution in [2.75, 3.05) is 13.1 Å². The first kappa shape index (κ1) is 21.9. The van der Waals surface area contributed by atoms with E-state index in [-0.39, 0.29) is 17.9 Å². The molecule has 1 saturated heterocycles. The van der Waals surface area contributed by atoms with Crippen molar-refractivity contribution in [3.8, 4) is 0 Å². The number of likely N-dealkylation sites (tertiary alicyclic amines) is 1. The van der Waals surface area contributed by atoms with Gasteiger partial charge in [0.15, 0.2) is 0 Å². The van der Waals surface area contributed by atoms with Crippen molar-refractivity contribution in [1.29, 1.82) is 0 Å². The Bertz CT molecular complexity index is 869. The Morgan fingerprint density at radius 1 is 1.07 bits per heavy atom. The van der Waals surface area contributed by atoms with Gasteiger partial charge >= 0.3 is 0 Å². The van der Waals surface area contributed by atoms with Gasteiger partial charge in [-0.25, -0.2) is 8.78 Å². The average Bonchev–Trinajstić information content (AvgIpc) is 3.13. The van der Waals surface area contributed by atoms with Crippen LogP contribution in [-0.2, 0) is 11.3 Å². The van der Waals surface area contributed by atoms with Gasteiger partial charge in [-0.3, -0.25) is 14.5 Å². The maximum absolute atomic E-state index is 13.9. The summed E-state index contributed by atoms with van der Waals surface area (Å²) in [6.45, 7) is 5.93. The minimum atomic E-state index is -0.956. The van der Waals surface area contributed by atoms with Gasteiger partial charge < -0.3 is 10.6 Å². The number of rotatable bonds is 7. The lowest BCUT2D eigenvalue weighted by molar-refractivity contribution is -0.124. The van der Waals surface area contributed by atoms with Crippen LogP contribution in [0.15, 0.2) is 48.5 Å². The molecule has 5 nitrogen and oxygen atoms in total. The van der Waals surface area contributed by atoms with Crippen LogP contribution in [0.2, 0.25) is 0 Å². The lowest BCUT2D eigenvalue weighted by Gasteiger charge is -2.24. The van der Waals surface area contributed by atoms with Crippen LogP contribution in [0.3, 0.4) is 0 Å². The number of hydrogen-bond acceptors (Lipinski definition) is 3. The minimum Gasteiger partial charge on any atom is -0.350 e. The van der Waals surface area contributed by atoms with Gasteiger partial charge in [-0.1, -0.05) is 50.2 Å². The zero-order valence-corrected chi connectivity index (χ0v) is 17.2. The number of benzene rings is 2. The molecule has 0 saturated carbocycles. The lowest BCUT2D eigenvalue weighted by atomic mass is 10.0. The predicted molar refractivity (Wildman–Crippen MR) is 111 cm³/mol. The number of nitrogens with zero attached hydrogens (tertiary/aromatic N) is 1. The normalized spacial score (nSPS) is 17.7. The van der Waals surface area contributed by atoms with Crippen LogP contribution < -0.4 is 10.6 Å². The molecule has 1 heterocycles. The number of amides is 2. The summed E-state index contributed by atoms with van der Waals surface area (Å²) in [5.41, 5.74) is 0.537. The second-order valence-corrected chi connectivity index (χ2v) is 8.01. The molecular formula is C23H27F2N3O2. The summed E-state index contributed by atoms with van der Waals surface area (Å²) in [6.07, 6.45) is 0.805. The number of nitrogens with one attached hydrogen (secondary N) is 2. The van der Waals surface area contributed by atoms with Gasteiger partial charge in [0.1, 0.15) is 23.2 Å². The second kappa shape index (κ2) is 9.80. The molecule has 0 aromatic heterocycles. The molecule has 0 bridgehead atoms. The summed E-state index contributed by atoms with van der Waals surface area (Å²) in [7, 11) is 0. The number of carbonyl (C=O) groups excluding carboxylic acids is 2. The molecule has 0 radical (unpaired) electrons. The Hall–Kier alpha value is -2.80. The Labute approximate surface area is 175 Å². The maximum Gasteiger partial charge on any atom is 0.257 e. The molecule has 7 heteroatoms. The van der Waals surface area contributed by atoms with E-state index in [9.17, 15) is 18.4 Å². The quantitative estimate of drug-likeness (QED) is 0.731. The third-order valence-electron chi connectivity index (χ3n) is 5.29. The molecule has 0 spiro atoms. The predicted octanol–water partition coefficient (Wildman–Crippen LogP) is 3.11. The third-order valence-corrected chi connectivity index (χ3v) is 5.29. The van der Waals surface area contributed by atoms with Crippen molar-refractivity contribution < 1.29 is 18.4 Å². The summed E-state index contributed by atoms with van der Waals surface area (Å²) < 4.78 is 27.8. The second-order valence-electron chi connectivity index (χ2n) is 8.01. The van der Waals surface area contributed by atoms with Crippen LogP contribution in [0.4, 0.5) is 8.78 Å². The molecule has 2 unspecified atom stereocenters. The first-order valence-corrected chi connectivity index (χ1v) is 10.2. The maximum atomic E-state index is 13.9. The Morgan fingerprint density at radius 2 is 1.73 bits per heavy atom. The van der Waals surface area contributed by atoms with E-state index in [2.05, 4.69) is 27.7 Å². The van der Waals surface area contributed by atoms with Crippen LogP contribution in [0, 0.1) is 17.6 Å². The Morgan fingerprint density at radius 3 is 2.37 bits per heavy atom. The third kappa shape index (κ3) is 5.42. The molecule has 30 heavy (non-hydrogen) atoms. The number of hydrogen-bond donors (Lipinski definition) is 2. The van der Waals surface area contributed by atoms with Crippen LogP contribution >= 0.6 is 0 Å². The monoisotopic (exact) mass is 415 g/mol. The standard InChI is InChI=1S/C23H27F2N3O2/c1-15(2)21(27-22(29)20-18(24)9-6-10-19(20)25)23(30)26-17-11-12-28(14-17)13-16-7-4-3-5-8-16/h3-10,15,17,21H,11-14H2,1-2H3,(H,26,30)(H,27,29). The average molecular weight is 415 g/mol. The molecule has 2 N–H and O–H groups in total. The summed E-state index contributed by atoms with van der Waals surface area (Å²) >= 11 is 0. The van der Waals surface area contributed by atoms with Crippen LogP contribution in [0.1, 0.15) is 36.2 Å². The highest BCUT2D eigenvalue weighted by Crippen LogP contribution is 2.16. The van der Waals surface area contributed by atoms with E-state index in [1.54, 1.807) is 13.8 Å². The summed E-state index contributed by atoms with van der Waals surface area (Å²) in [5, 5.41) is 5.47. The van der Waals surface area contributed by atoms with E-state index < -0.39 is 29.1 Å². The SMILES string of the molecule is CC(C)C(NC(=O)c1c(F)cccc1F)C(=O)NC1CCN(Cc2ccccc2)C1. The van der Waals surface area contributed by atoms with E-state index in [1.807, 2.05) is 18.2 Å². The first-order valence-electron chi connectivity index (χ1n) is 10.2. The molecule has 2 aromatic rings. The van der Waals surface area contributed by atoms with Crippen molar-refractivity contribution in [3.05, 3.63) is 71.3 Å².